The quantitative estimate of drug-likeness (QED) is 0.635. The van der Waals surface area contributed by atoms with Crippen molar-refractivity contribution in [2.45, 2.75) is 25.8 Å². The van der Waals surface area contributed by atoms with Crippen LogP contribution in [0.1, 0.15) is 18.9 Å². The van der Waals surface area contributed by atoms with E-state index in [4.69, 9.17) is 12.2 Å². The first-order valence-electron chi connectivity index (χ1n) is 8.28. The van der Waals surface area contributed by atoms with E-state index in [1.807, 2.05) is 0 Å². The Bertz CT molecular complexity index is 702. The minimum absolute atomic E-state index is 0.251. The third-order valence-corrected chi connectivity index (χ3v) is 4.56. The summed E-state index contributed by atoms with van der Waals surface area (Å²) in [7, 11) is 0. The van der Waals surface area contributed by atoms with Crippen molar-refractivity contribution >= 4 is 28.7 Å². The highest BCUT2D eigenvalue weighted by Crippen LogP contribution is 2.31. The Morgan fingerprint density at radius 2 is 1.96 bits per heavy atom. The number of para-hydroxylation sites is 1. The molecule has 1 heterocycles. The number of benzene rings is 2. The molecule has 0 aliphatic carbocycles. The monoisotopic (exact) mass is 343 g/mol. The Morgan fingerprint density at radius 3 is 2.75 bits per heavy atom. The number of rotatable bonds is 5. The third kappa shape index (κ3) is 4.03. The predicted octanol–water partition coefficient (Wildman–Crippen LogP) is 3.95. The van der Waals surface area contributed by atoms with Gasteiger partial charge in [0.1, 0.15) is 5.82 Å². The molecule has 0 unspecified atom stereocenters. The van der Waals surface area contributed by atoms with Crippen molar-refractivity contribution in [1.29, 1.82) is 0 Å². The Labute approximate surface area is 147 Å². The Morgan fingerprint density at radius 1 is 1.21 bits per heavy atom. The summed E-state index contributed by atoms with van der Waals surface area (Å²) in [4.78, 5) is 2.47. The molecule has 1 atom stereocenters. The Kier molecular flexibility index (Phi) is 5.30. The molecular weight excluding hydrogens is 321 g/mol. The maximum atomic E-state index is 12.9. The summed E-state index contributed by atoms with van der Waals surface area (Å²) in [6.07, 6.45) is 2.12. The number of fused-ring (bicyclic) bond motifs is 1. The molecule has 3 rings (SSSR count). The van der Waals surface area contributed by atoms with Crippen LogP contribution in [0.3, 0.4) is 0 Å². The highest BCUT2D eigenvalue weighted by atomic mass is 32.1. The summed E-state index contributed by atoms with van der Waals surface area (Å²) in [6.45, 7) is 4.08. The van der Waals surface area contributed by atoms with Crippen molar-refractivity contribution in [3.05, 3.63) is 59.9 Å². The first-order valence-corrected chi connectivity index (χ1v) is 8.69. The molecule has 0 bridgehead atoms. The fourth-order valence-electron chi connectivity index (χ4n) is 3.13. The van der Waals surface area contributed by atoms with Gasteiger partial charge in [-0.25, -0.2) is 4.39 Å². The van der Waals surface area contributed by atoms with Crippen molar-refractivity contribution in [3.63, 3.8) is 0 Å². The number of nitrogens with zero attached hydrogens (tertiary/aromatic N) is 1. The summed E-state index contributed by atoms with van der Waals surface area (Å²) < 4.78 is 12.9. The maximum absolute atomic E-state index is 12.9. The minimum Gasteiger partial charge on any atom is -0.368 e. The van der Waals surface area contributed by atoms with Crippen LogP contribution >= 0.6 is 12.2 Å². The van der Waals surface area contributed by atoms with Gasteiger partial charge in [-0.15, -0.1) is 0 Å². The molecule has 0 fully saturated rings. The van der Waals surface area contributed by atoms with E-state index in [1.54, 1.807) is 12.1 Å². The van der Waals surface area contributed by atoms with E-state index in [2.05, 4.69) is 46.7 Å². The summed E-state index contributed by atoms with van der Waals surface area (Å²) >= 11 is 5.27. The smallest absolute Gasteiger partial charge is 0.170 e. The van der Waals surface area contributed by atoms with Gasteiger partial charge in [0.15, 0.2) is 5.11 Å². The highest BCUT2D eigenvalue weighted by Gasteiger charge is 2.24. The highest BCUT2D eigenvalue weighted by molar-refractivity contribution is 7.80. The molecular formula is C19H22FN3S. The molecule has 0 spiro atoms. The molecule has 0 aromatic heterocycles. The van der Waals surface area contributed by atoms with E-state index in [0.717, 1.165) is 31.6 Å². The SMILES string of the molecule is C[C@H]1Cc2ccccc2N1CCCNC(=S)Nc1ccc(F)cc1. The fourth-order valence-corrected chi connectivity index (χ4v) is 3.35. The van der Waals surface area contributed by atoms with Gasteiger partial charge in [-0.1, -0.05) is 18.2 Å². The zero-order valence-corrected chi connectivity index (χ0v) is 14.6. The molecule has 1 aliphatic heterocycles. The summed E-state index contributed by atoms with van der Waals surface area (Å²) in [5.41, 5.74) is 3.58. The van der Waals surface area contributed by atoms with E-state index >= 15 is 0 Å². The Balaban J connectivity index is 1.42. The van der Waals surface area contributed by atoms with E-state index in [9.17, 15) is 4.39 Å². The molecule has 0 saturated heterocycles. The van der Waals surface area contributed by atoms with Crippen LogP contribution in [-0.4, -0.2) is 24.2 Å². The van der Waals surface area contributed by atoms with Crippen LogP contribution in [0.4, 0.5) is 15.8 Å². The van der Waals surface area contributed by atoms with Crippen LogP contribution in [-0.2, 0) is 6.42 Å². The number of thiocarbonyl (C=S) groups is 1. The number of halogens is 1. The first kappa shape index (κ1) is 16.7. The van der Waals surface area contributed by atoms with Crippen molar-refractivity contribution in [1.82, 2.24) is 5.32 Å². The fraction of sp³-hybridized carbons (Fsp3) is 0.316. The number of hydrogen-bond donors (Lipinski definition) is 2. The normalized spacial score (nSPS) is 15.9. The van der Waals surface area contributed by atoms with Crippen molar-refractivity contribution in [2.75, 3.05) is 23.3 Å². The predicted molar refractivity (Wildman–Crippen MR) is 102 cm³/mol. The average molecular weight is 343 g/mol. The zero-order chi connectivity index (χ0) is 16.9. The van der Waals surface area contributed by atoms with Crippen LogP contribution < -0.4 is 15.5 Å². The van der Waals surface area contributed by atoms with Crippen LogP contribution in [0.2, 0.25) is 0 Å². The second kappa shape index (κ2) is 7.62. The second-order valence-electron chi connectivity index (χ2n) is 6.12. The molecule has 3 nitrogen and oxygen atoms in total. The van der Waals surface area contributed by atoms with Crippen molar-refractivity contribution in [2.24, 2.45) is 0 Å². The topological polar surface area (TPSA) is 27.3 Å². The number of nitrogens with one attached hydrogen (secondary N) is 2. The van der Waals surface area contributed by atoms with Crippen LogP contribution in [0.15, 0.2) is 48.5 Å². The Hall–Kier alpha value is -2.14. The lowest BCUT2D eigenvalue weighted by Crippen LogP contribution is -2.34. The molecule has 5 heteroatoms. The van der Waals surface area contributed by atoms with Gasteiger partial charge < -0.3 is 15.5 Å². The molecule has 0 saturated carbocycles. The van der Waals surface area contributed by atoms with Crippen LogP contribution in [0, 0.1) is 5.82 Å². The lowest BCUT2D eigenvalue weighted by Gasteiger charge is -2.25. The zero-order valence-electron chi connectivity index (χ0n) is 13.8. The average Bonchev–Trinajstić information content (AvgIpc) is 2.89. The van der Waals surface area contributed by atoms with Crippen molar-refractivity contribution in [3.8, 4) is 0 Å². The number of anilines is 2. The molecule has 2 N–H and O–H groups in total. The third-order valence-electron chi connectivity index (χ3n) is 4.31. The molecule has 2 aromatic carbocycles. The number of hydrogen-bond acceptors (Lipinski definition) is 2. The van der Waals surface area contributed by atoms with Crippen molar-refractivity contribution < 1.29 is 4.39 Å². The minimum atomic E-state index is -0.251. The molecule has 1 aliphatic rings. The summed E-state index contributed by atoms with van der Waals surface area (Å²) in [6, 6.07) is 15.3. The largest absolute Gasteiger partial charge is 0.368 e. The van der Waals surface area contributed by atoms with Gasteiger partial charge in [-0.2, -0.15) is 0 Å². The second-order valence-corrected chi connectivity index (χ2v) is 6.52. The van der Waals surface area contributed by atoms with Gasteiger partial charge in [-0.05, 0) is 67.9 Å². The van der Waals surface area contributed by atoms with Gasteiger partial charge in [0.05, 0.1) is 0 Å². The maximum Gasteiger partial charge on any atom is 0.170 e. The van der Waals surface area contributed by atoms with Crippen LogP contribution in [0.5, 0.6) is 0 Å². The van der Waals surface area contributed by atoms with E-state index in [1.165, 1.54) is 23.4 Å². The van der Waals surface area contributed by atoms with Gasteiger partial charge in [0, 0.05) is 30.5 Å². The van der Waals surface area contributed by atoms with Gasteiger partial charge in [0.25, 0.3) is 0 Å². The van der Waals surface area contributed by atoms with Crippen LogP contribution in [0.25, 0.3) is 0 Å². The van der Waals surface area contributed by atoms with E-state index in [-0.39, 0.29) is 5.82 Å². The van der Waals surface area contributed by atoms with Gasteiger partial charge in [0.2, 0.25) is 0 Å². The lowest BCUT2D eigenvalue weighted by atomic mass is 10.1. The lowest BCUT2D eigenvalue weighted by molar-refractivity contribution is 0.628. The van der Waals surface area contributed by atoms with E-state index < -0.39 is 0 Å². The molecule has 2 aromatic rings. The summed E-state index contributed by atoms with van der Waals surface area (Å²) in [5.74, 6) is -0.251. The molecule has 0 radical (unpaired) electrons. The standard InChI is InChI=1S/C19H22FN3S/c1-14-13-15-5-2-3-6-18(15)23(14)12-4-11-21-19(24)22-17-9-7-16(20)8-10-17/h2-3,5-10,14H,4,11-13H2,1H3,(H2,21,22,24)/t14-/m0/s1. The molecule has 0 amide bonds. The molecule has 126 valence electrons. The van der Waals surface area contributed by atoms with Gasteiger partial charge >= 0.3 is 0 Å². The molecule has 24 heavy (non-hydrogen) atoms. The van der Waals surface area contributed by atoms with Gasteiger partial charge in [-0.3, -0.25) is 0 Å². The van der Waals surface area contributed by atoms with E-state index in [0.29, 0.717) is 11.2 Å². The first-order chi connectivity index (χ1) is 11.6. The summed E-state index contributed by atoms with van der Waals surface area (Å²) in [5, 5.41) is 6.84.